The van der Waals surface area contributed by atoms with E-state index in [1.54, 1.807) is 12.1 Å². The molecule has 26 heavy (non-hydrogen) atoms. The van der Waals surface area contributed by atoms with E-state index in [0.29, 0.717) is 17.1 Å². The van der Waals surface area contributed by atoms with Gasteiger partial charge in [0.2, 0.25) is 0 Å². The Labute approximate surface area is 150 Å². The molecular formula is C21H19N3O2. The van der Waals surface area contributed by atoms with Crippen molar-refractivity contribution in [2.24, 2.45) is 10.9 Å². The molecule has 2 heterocycles. The second-order valence-electron chi connectivity index (χ2n) is 6.61. The Balaban J connectivity index is 1.92. The predicted octanol–water partition coefficient (Wildman–Crippen LogP) is 4.87. The number of nitrogens with zero attached hydrogens (tertiary/aromatic N) is 2. The number of fused-ring (bicyclic) bond motifs is 2. The van der Waals surface area contributed by atoms with Gasteiger partial charge in [0.1, 0.15) is 11.3 Å². The van der Waals surface area contributed by atoms with E-state index in [9.17, 15) is 0 Å². The lowest BCUT2D eigenvalue weighted by molar-refractivity contribution is 0.318. The summed E-state index contributed by atoms with van der Waals surface area (Å²) in [6, 6.07) is 15.7. The number of rotatable bonds is 3. The fourth-order valence-electron chi connectivity index (χ4n) is 3.25. The molecule has 2 aromatic carbocycles. The molecule has 0 spiro atoms. The van der Waals surface area contributed by atoms with Gasteiger partial charge in [-0.3, -0.25) is 4.98 Å². The van der Waals surface area contributed by atoms with Gasteiger partial charge in [-0.05, 0) is 23.4 Å². The van der Waals surface area contributed by atoms with Crippen molar-refractivity contribution in [2.45, 2.75) is 19.8 Å². The highest BCUT2D eigenvalue weighted by molar-refractivity contribution is 6.01. The quantitative estimate of drug-likeness (QED) is 0.240. The van der Waals surface area contributed by atoms with E-state index in [1.165, 1.54) is 0 Å². The van der Waals surface area contributed by atoms with Gasteiger partial charge in [-0.1, -0.05) is 55.4 Å². The van der Waals surface area contributed by atoms with Crippen LogP contribution in [0.1, 0.15) is 31.0 Å². The largest absolute Gasteiger partial charge is 0.456 e. The summed E-state index contributed by atoms with van der Waals surface area (Å²) in [7, 11) is 0. The number of pyridine rings is 1. The lowest BCUT2D eigenvalue weighted by atomic mass is 9.98. The summed E-state index contributed by atoms with van der Waals surface area (Å²) >= 11 is 0. The van der Waals surface area contributed by atoms with Crippen molar-refractivity contribution in [2.75, 3.05) is 0 Å². The Hall–Kier alpha value is -3.34. The van der Waals surface area contributed by atoms with Crippen molar-refractivity contribution >= 4 is 27.6 Å². The van der Waals surface area contributed by atoms with E-state index >= 15 is 0 Å². The van der Waals surface area contributed by atoms with Gasteiger partial charge < -0.3 is 15.4 Å². The monoisotopic (exact) mass is 345 g/mol. The topological polar surface area (TPSA) is 84.6 Å². The standard InChI is InChI=1S/C21H19N3O2/c1-12(2)20-16-6-4-3-5-15(16)17(11-23-20)19-9-13-7-8-14(21(22)24-25)10-18(13)26-19/h3-12,25H,1-2H3,(H2,22,24). The van der Waals surface area contributed by atoms with E-state index in [-0.39, 0.29) is 5.84 Å². The number of hydrogen-bond acceptors (Lipinski definition) is 4. The predicted molar refractivity (Wildman–Crippen MR) is 104 cm³/mol. The maximum atomic E-state index is 8.86. The molecule has 0 bridgehead atoms. The first-order chi connectivity index (χ1) is 12.6. The second-order valence-corrected chi connectivity index (χ2v) is 6.61. The van der Waals surface area contributed by atoms with E-state index in [0.717, 1.165) is 33.2 Å². The molecule has 4 aromatic rings. The summed E-state index contributed by atoms with van der Waals surface area (Å²) in [6.07, 6.45) is 1.87. The van der Waals surface area contributed by atoms with Crippen LogP contribution in [0.3, 0.4) is 0 Å². The summed E-state index contributed by atoms with van der Waals surface area (Å²) in [5.41, 5.74) is 8.99. The van der Waals surface area contributed by atoms with Crippen LogP contribution in [0.2, 0.25) is 0 Å². The maximum absolute atomic E-state index is 8.86. The third kappa shape index (κ3) is 2.58. The number of amidine groups is 1. The van der Waals surface area contributed by atoms with Crippen LogP contribution < -0.4 is 5.73 Å². The van der Waals surface area contributed by atoms with E-state index in [2.05, 4.69) is 36.1 Å². The molecule has 0 aliphatic carbocycles. The van der Waals surface area contributed by atoms with Crippen molar-refractivity contribution < 1.29 is 9.62 Å². The Morgan fingerprint density at radius 1 is 1.12 bits per heavy atom. The minimum absolute atomic E-state index is 0.0539. The van der Waals surface area contributed by atoms with Gasteiger partial charge in [-0.2, -0.15) is 0 Å². The highest BCUT2D eigenvalue weighted by Gasteiger charge is 2.15. The molecule has 0 atom stereocenters. The Morgan fingerprint density at radius 2 is 1.88 bits per heavy atom. The van der Waals surface area contributed by atoms with Gasteiger partial charge in [0.25, 0.3) is 0 Å². The number of hydrogen-bond donors (Lipinski definition) is 2. The molecule has 0 radical (unpaired) electrons. The Kier molecular flexibility index (Phi) is 3.84. The van der Waals surface area contributed by atoms with Gasteiger partial charge in [0.15, 0.2) is 5.84 Å². The normalized spacial score (nSPS) is 12.3. The first-order valence-electron chi connectivity index (χ1n) is 8.48. The highest BCUT2D eigenvalue weighted by Crippen LogP contribution is 2.35. The zero-order valence-electron chi connectivity index (χ0n) is 14.6. The molecule has 4 rings (SSSR count). The van der Waals surface area contributed by atoms with Crippen LogP contribution in [0.25, 0.3) is 33.1 Å². The van der Waals surface area contributed by atoms with Crippen molar-refractivity contribution in [3.05, 3.63) is 66.0 Å². The van der Waals surface area contributed by atoms with Crippen LogP contribution >= 0.6 is 0 Å². The Bertz CT molecular complexity index is 1140. The smallest absolute Gasteiger partial charge is 0.170 e. The van der Waals surface area contributed by atoms with Crippen molar-refractivity contribution in [3.63, 3.8) is 0 Å². The fraction of sp³-hybridized carbons (Fsp3) is 0.143. The van der Waals surface area contributed by atoms with Gasteiger partial charge in [-0.25, -0.2) is 0 Å². The zero-order chi connectivity index (χ0) is 18.3. The SMILES string of the molecule is CC(C)c1ncc(-c2cc3ccc(/C(N)=N/O)cc3o2)c2ccccc12. The Morgan fingerprint density at radius 3 is 2.62 bits per heavy atom. The first kappa shape index (κ1) is 16.1. The molecule has 5 nitrogen and oxygen atoms in total. The van der Waals surface area contributed by atoms with Gasteiger partial charge in [-0.15, -0.1) is 0 Å². The van der Waals surface area contributed by atoms with Crippen LogP contribution in [0.15, 0.2) is 64.3 Å². The minimum Gasteiger partial charge on any atom is -0.456 e. The summed E-state index contributed by atoms with van der Waals surface area (Å²) < 4.78 is 6.07. The average Bonchev–Trinajstić information content (AvgIpc) is 3.09. The number of aromatic nitrogens is 1. The van der Waals surface area contributed by atoms with Crippen molar-refractivity contribution in [1.29, 1.82) is 0 Å². The first-order valence-corrected chi connectivity index (χ1v) is 8.48. The van der Waals surface area contributed by atoms with Crippen LogP contribution in [-0.4, -0.2) is 16.0 Å². The van der Waals surface area contributed by atoms with Crippen LogP contribution in [-0.2, 0) is 0 Å². The summed E-state index contributed by atoms with van der Waals surface area (Å²) in [4.78, 5) is 4.68. The molecule has 0 amide bonds. The lowest BCUT2D eigenvalue weighted by Gasteiger charge is -2.11. The van der Waals surface area contributed by atoms with Crippen LogP contribution in [0.4, 0.5) is 0 Å². The number of benzene rings is 2. The van der Waals surface area contributed by atoms with Gasteiger partial charge in [0.05, 0.1) is 5.69 Å². The summed E-state index contributed by atoms with van der Waals surface area (Å²) in [5, 5.41) is 15.1. The minimum atomic E-state index is 0.0539. The summed E-state index contributed by atoms with van der Waals surface area (Å²) in [5.74, 6) is 1.14. The lowest BCUT2D eigenvalue weighted by Crippen LogP contribution is -2.12. The van der Waals surface area contributed by atoms with E-state index in [4.69, 9.17) is 15.4 Å². The van der Waals surface area contributed by atoms with Crippen molar-refractivity contribution in [1.82, 2.24) is 4.98 Å². The molecule has 0 fully saturated rings. The molecular weight excluding hydrogens is 326 g/mol. The molecule has 3 N–H and O–H groups in total. The molecule has 5 heteroatoms. The molecule has 0 aliphatic rings. The second kappa shape index (κ2) is 6.19. The molecule has 2 aromatic heterocycles. The molecule has 0 unspecified atom stereocenters. The molecule has 0 saturated heterocycles. The third-order valence-electron chi connectivity index (χ3n) is 4.56. The van der Waals surface area contributed by atoms with Gasteiger partial charge >= 0.3 is 0 Å². The molecule has 0 aliphatic heterocycles. The summed E-state index contributed by atoms with van der Waals surface area (Å²) in [6.45, 7) is 4.29. The zero-order valence-corrected chi connectivity index (χ0v) is 14.6. The van der Waals surface area contributed by atoms with E-state index in [1.807, 2.05) is 30.5 Å². The number of furan rings is 1. The van der Waals surface area contributed by atoms with Gasteiger partial charge in [0, 0.05) is 28.1 Å². The maximum Gasteiger partial charge on any atom is 0.170 e. The fourth-order valence-corrected chi connectivity index (χ4v) is 3.25. The van der Waals surface area contributed by atoms with Crippen LogP contribution in [0, 0.1) is 0 Å². The number of nitrogens with two attached hydrogens (primary N) is 1. The third-order valence-corrected chi connectivity index (χ3v) is 4.56. The highest BCUT2D eigenvalue weighted by atomic mass is 16.4. The average molecular weight is 345 g/mol. The van der Waals surface area contributed by atoms with Crippen LogP contribution in [0.5, 0.6) is 0 Å². The molecule has 130 valence electrons. The molecule has 0 saturated carbocycles. The number of oxime groups is 1. The van der Waals surface area contributed by atoms with Crippen molar-refractivity contribution in [3.8, 4) is 11.3 Å². The van der Waals surface area contributed by atoms with E-state index < -0.39 is 0 Å².